The molecule has 0 bridgehead atoms. The molecule has 0 aliphatic carbocycles. The second-order valence-electron chi connectivity index (χ2n) is 5.57. The second-order valence-corrected chi connectivity index (χ2v) is 6.86. The van der Waals surface area contributed by atoms with Crippen molar-refractivity contribution in [2.24, 2.45) is 0 Å². The fourth-order valence-electron chi connectivity index (χ4n) is 2.76. The summed E-state index contributed by atoms with van der Waals surface area (Å²) in [5, 5.41) is 3.27. The third-order valence-corrected chi connectivity index (χ3v) is 5.12. The van der Waals surface area contributed by atoms with Crippen molar-refractivity contribution in [3.05, 3.63) is 74.9 Å². The van der Waals surface area contributed by atoms with Crippen molar-refractivity contribution in [1.82, 2.24) is 9.97 Å². The van der Waals surface area contributed by atoms with Crippen LogP contribution in [-0.4, -0.2) is 9.97 Å². The van der Waals surface area contributed by atoms with Crippen LogP contribution in [0.4, 0.5) is 0 Å². The van der Waals surface area contributed by atoms with Gasteiger partial charge in [0.05, 0.1) is 5.39 Å². The van der Waals surface area contributed by atoms with E-state index in [-0.39, 0.29) is 5.56 Å². The first-order valence-electron chi connectivity index (χ1n) is 7.47. The fourth-order valence-corrected chi connectivity index (χ4v) is 3.83. The van der Waals surface area contributed by atoms with Gasteiger partial charge in [-0.3, -0.25) is 4.79 Å². The molecule has 5 heteroatoms. The Hall–Kier alpha value is -2.43. The summed E-state index contributed by atoms with van der Waals surface area (Å²) >= 11 is 7.43. The lowest BCUT2D eigenvalue weighted by molar-refractivity contribution is 1.18. The van der Waals surface area contributed by atoms with E-state index < -0.39 is 0 Å². The molecule has 3 nitrogen and oxygen atoms in total. The summed E-state index contributed by atoms with van der Waals surface area (Å²) in [6.07, 6.45) is 0. The number of benzene rings is 2. The number of hydrogen-bond donors (Lipinski definition) is 1. The number of nitrogens with one attached hydrogen (secondary N) is 1. The summed E-state index contributed by atoms with van der Waals surface area (Å²) in [4.78, 5) is 21.0. The van der Waals surface area contributed by atoms with E-state index in [2.05, 4.69) is 9.97 Å². The Labute approximate surface area is 147 Å². The van der Waals surface area contributed by atoms with Gasteiger partial charge in [0, 0.05) is 21.5 Å². The number of aromatic amines is 1. The molecule has 2 heterocycles. The summed E-state index contributed by atoms with van der Waals surface area (Å²) in [6, 6.07) is 15.4. The zero-order valence-corrected chi connectivity index (χ0v) is 14.4. The quantitative estimate of drug-likeness (QED) is 0.533. The molecule has 0 fully saturated rings. The fraction of sp³-hybridized carbons (Fsp3) is 0.0526. The van der Waals surface area contributed by atoms with Crippen LogP contribution in [0.5, 0.6) is 0 Å². The van der Waals surface area contributed by atoms with Gasteiger partial charge in [-0.1, -0.05) is 48.0 Å². The van der Waals surface area contributed by atoms with Crippen molar-refractivity contribution < 1.29 is 0 Å². The number of aryl methyl sites for hydroxylation is 1. The van der Waals surface area contributed by atoms with Gasteiger partial charge >= 0.3 is 0 Å². The normalized spacial score (nSPS) is 11.1. The lowest BCUT2D eigenvalue weighted by Gasteiger charge is -2.05. The molecule has 0 amide bonds. The highest BCUT2D eigenvalue weighted by Gasteiger charge is 2.14. The molecule has 0 spiro atoms. The second kappa shape index (κ2) is 5.89. The number of rotatable bonds is 2. The van der Waals surface area contributed by atoms with Gasteiger partial charge in [0.15, 0.2) is 0 Å². The molecule has 4 aromatic rings. The van der Waals surface area contributed by atoms with Crippen LogP contribution >= 0.6 is 22.9 Å². The topological polar surface area (TPSA) is 45.8 Å². The third kappa shape index (κ3) is 2.54. The Morgan fingerprint density at radius 1 is 1.04 bits per heavy atom. The number of halogens is 1. The van der Waals surface area contributed by atoms with E-state index in [4.69, 9.17) is 11.6 Å². The maximum atomic E-state index is 12.7. The van der Waals surface area contributed by atoms with Crippen LogP contribution in [0.25, 0.3) is 32.7 Å². The van der Waals surface area contributed by atoms with Crippen molar-refractivity contribution >= 4 is 33.2 Å². The Bertz CT molecular complexity index is 1100. The molecule has 2 aromatic carbocycles. The van der Waals surface area contributed by atoms with E-state index >= 15 is 0 Å². The van der Waals surface area contributed by atoms with Gasteiger partial charge in [0.25, 0.3) is 5.56 Å². The molecule has 0 saturated heterocycles. The first kappa shape index (κ1) is 15.1. The molecule has 0 unspecified atom stereocenters. The van der Waals surface area contributed by atoms with Gasteiger partial charge in [0.1, 0.15) is 10.7 Å². The molecule has 0 aliphatic heterocycles. The van der Waals surface area contributed by atoms with Crippen LogP contribution in [0.2, 0.25) is 5.02 Å². The van der Waals surface area contributed by atoms with Crippen molar-refractivity contribution in [2.75, 3.05) is 0 Å². The van der Waals surface area contributed by atoms with E-state index in [1.54, 1.807) is 0 Å². The third-order valence-electron chi connectivity index (χ3n) is 4.00. The first-order valence-corrected chi connectivity index (χ1v) is 8.73. The van der Waals surface area contributed by atoms with E-state index in [1.165, 1.54) is 11.3 Å². The summed E-state index contributed by atoms with van der Waals surface area (Å²) < 4.78 is 0. The van der Waals surface area contributed by atoms with E-state index in [9.17, 15) is 4.79 Å². The Balaban J connectivity index is 1.92. The Morgan fingerprint density at radius 2 is 1.79 bits per heavy atom. The minimum absolute atomic E-state index is 0.121. The average Bonchev–Trinajstić information content (AvgIpc) is 3.00. The van der Waals surface area contributed by atoms with Gasteiger partial charge in [-0.2, -0.15) is 0 Å². The summed E-state index contributed by atoms with van der Waals surface area (Å²) in [5.41, 5.74) is 3.75. The predicted octanol–water partition coefficient (Wildman–Crippen LogP) is 5.28. The maximum absolute atomic E-state index is 12.7. The molecule has 24 heavy (non-hydrogen) atoms. The minimum Gasteiger partial charge on any atom is -0.306 e. The summed E-state index contributed by atoms with van der Waals surface area (Å²) in [6.45, 7) is 2.01. The SMILES string of the molecule is Cc1ccccc1-c1nc2scc(-c3ccc(Cl)cc3)c2c(=O)[nH]1. The maximum Gasteiger partial charge on any atom is 0.260 e. The lowest BCUT2D eigenvalue weighted by Crippen LogP contribution is -2.09. The molecule has 118 valence electrons. The van der Waals surface area contributed by atoms with E-state index in [0.29, 0.717) is 16.2 Å². The van der Waals surface area contributed by atoms with Crippen molar-refractivity contribution in [1.29, 1.82) is 0 Å². The van der Waals surface area contributed by atoms with Crippen LogP contribution in [0.15, 0.2) is 58.7 Å². The van der Waals surface area contributed by atoms with Gasteiger partial charge in [0.2, 0.25) is 0 Å². The zero-order valence-electron chi connectivity index (χ0n) is 12.8. The Morgan fingerprint density at radius 3 is 2.54 bits per heavy atom. The molecular formula is C19H13ClN2OS. The highest BCUT2D eigenvalue weighted by molar-refractivity contribution is 7.17. The molecule has 0 aliphatic rings. The summed E-state index contributed by atoms with van der Waals surface area (Å²) in [7, 11) is 0. The van der Waals surface area contributed by atoms with Crippen molar-refractivity contribution in [2.45, 2.75) is 6.92 Å². The smallest absolute Gasteiger partial charge is 0.260 e. The van der Waals surface area contributed by atoms with Crippen molar-refractivity contribution in [3.8, 4) is 22.5 Å². The number of H-pyrrole nitrogens is 1. The van der Waals surface area contributed by atoms with Gasteiger partial charge in [-0.25, -0.2) is 4.98 Å². The zero-order chi connectivity index (χ0) is 16.7. The van der Waals surface area contributed by atoms with E-state index in [0.717, 1.165) is 27.1 Å². The van der Waals surface area contributed by atoms with Crippen LogP contribution in [0, 0.1) is 6.92 Å². The van der Waals surface area contributed by atoms with Crippen LogP contribution in [0.3, 0.4) is 0 Å². The molecule has 0 saturated carbocycles. The first-order chi connectivity index (χ1) is 11.6. The standard InChI is InChI=1S/C19H13ClN2OS/c1-11-4-2-3-5-14(11)17-21-18(23)16-15(10-24-19(16)22-17)12-6-8-13(20)9-7-12/h2-10H,1H3,(H,21,22,23). The van der Waals surface area contributed by atoms with Crippen LogP contribution < -0.4 is 5.56 Å². The molecule has 2 aromatic heterocycles. The number of nitrogens with zero attached hydrogens (tertiary/aromatic N) is 1. The summed E-state index contributed by atoms with van der Waals surface area (Å²) in [5.74, 6) is 0.607. The van der Waals surface area contributed by atoms with Gasteiger partial charge in [-0.15, -0.1) is 11.3 Å². The highest BCUT2D eigenvalue weighted by atomic mass is 35.5. The van der Waals surface area contributed by atoms with Gasteiger partial charge in [-0.05, 0) is 30.2 Å². The van der Waals surface area contributed by atoms with Crippen LogP contribution in [0.1, 0.15) is 5.56 Å². The van der Waals surface area contributed by atoms with Crippen LogP contribution in [-0.2, 0) is 0 Å². The lowest BCUT2D eigenvalue weighted by atomic mass is 10.1. The molecule has 4 rings (SSSR count). The molecule has 1 N–H and O–H groups in total. The van der Waals surface area contributed by atoms with E-state index in [1.807, 2.05) is 60.8 Å². The predicted molar refractivity (Wildman–Crippen MR) is 101 cm³/mol. The molecule has 0 radical (unpaired) electrons. The number of hydrogen-bond acceptors (Lipinski definition) is 3. The average molecular weight is 353 g/mol. The highest BCUT2D eigenvalue weighted by Crippen LogP contribution is 2.32. The van der Waals surface area contributed by atoms with Gasteiger partial charge < -0.3 is 4.98 Å². The number of fused-ring (bicyclic) bond motifs is 1. The minimum atomic E-state index is -0.121. The number of thiophene rings is 1. The largest absolute Gasteiger partial charge is 0.306 e. The molecular weight excluding hydrogens is 340 g/mol. The monoisotopic (exact) mass is 352 g/mol. The number of aromatic nitrogens is 2. The molecule has 0 atom stereocenters. The Kier molecular flexibility index (Phi) is 3.71. The van der Waals surface area contributed by atoms with Crippen molar-refractivity contribution in [3.63, 3.8) is 0 Å².